The lowest BCUT2D eigenvalue weighted by atomic mass is 10.1. The highest BCUT2D eigenvalue weighted by Crippen LogP contribution is 2.28. The second-order valence-electron chi connectivity index (χ2n) is 4.95. The number of aryl methyl sites for hydroxylation is 1. The number of amides is 1. The Morgan fingerprint density at radius 1 is 1.44 bits per heavy atom. The Hall–Kier alpha value is -0.730. The van der Waals surface area contributed by atoms with Crippen LogP contribution in [0.2, 0.25) is 5.02 Å². The van der Waals surface area contributed by atoms with Gasteiger partial charge in [-0.3, -0.25) is 4.79 Å². The molecule has 0 heterocycles. The van der Waals surface area contributed by atoms with Gasteiger partial charge in [-0.05, 0) is 55.9 Å². The number of rotatable bonds is 3. The van der Waals surface area contributed by atoms with E-state index in [1.165, 1.54) is 0 Å². The Morgan fingerprint density at radius 2 is 2.22 bits per heavy atom. The van der Waals surface area contributed by atoms with Gasteiger partial charge in [0, 0.05) is 22.5 Å². The molecule has 0 bridgehead atoms. The van der Waals surface area contributed by atoms with Crippen molar-refractivity contribution in [3.63, 3.8) is 0 Å². The smallest absolute Gasteiger partial charge is 0.251 e. The maximum atomic E-state index is 12.0. The lowest BCUT2D eigenvalue weighted by Gasteiger charge is -2.12. The minimum atomic E-state index is -0.0258. The molecule has 0 saturated heterocycles. The predicted octanol–water partition coefficient (Wildman–Crippen LogP) is 3.79. The molecule has 1 N–H and O–H groups in total. The normalized spacial score (nSPS) is 23.1. The first-order valence-corrected chi connectivity index (χ1v) is 7.06. The molecule has 2 unspecified atom stereocenters. The van der Waals surface area contributed by atoms with Crippen LogP contribution in [0.25, 0.3) is 0 Å². The van der Waals surface area contributed by atoms with Crippen LogP contribution in [-0.4, -0.2) is 17.8 Å². The summed E-state index contributed by atoms with van der Waals surface area (Å²) < 4.78 is 0. The minimum absolute atomic E-state index is 0.0258. The van der Waals surface area contributed by atoms with E-state index in [4.69, 9.17) is 23.2 Å². The van der Waals surface area contributed by atoms with Gasteiger partial charge in [0.25, 0.3) is 5.91 Å². The highest BCUT2D eigenvalue weighted by molar-refractivity contribution is 6.30. The highest BCUT2D eigenvalue weighted by atomic mass is 35.5. The molecule has 2 atom stereocenters. The number of alkyl halides is 1. The molecule has 0 aromatic heterocycles. The summed E-state index contributed by atoms with van der Waals surface area (Å²) in [6.45, 7) is 2.61. The largest absolute Gasteiger partial charge is 0.352 e. The van der Waals surface area contributed by atoms with E-state index in [0.29, 0.717) is 23.0 Å². The van der Waals surface area contributed by atoms with E-state index in [9.17, 15) is 4.79 Å². The lowest BCUT2D eigenvalue weighted by molar-refractivity contribution is 0.0947. The summed E-state index contributed by atoms with van der Waals surface area (Å²) in [6, 6.07) is 5.32. The second kappa shape index (κ2) is 5.94. The van der Waals surface area contributed by atoms with Crippen molar-refractivity contribution in [3.8, 4) is 0 Å². The average Bonchev–Trinajstić information content (AvgIpc) is 2.72. The summed E-state index contributed by atoms with van der Waals surface area (Å²) in [5.74, 6) is 0.492. The van der Waals surface area contributed by atoms with Crippen molar-refractivity contribution in [1.82, 2.24) is 5.32 Å². The van der Waals surface area contributed by atoms with Gasteiger partial charge in [-0.15, -0.1) is 11.6 Å². The minimum Gasteiger partial charge on any atom is -0.352 e. The molecular weight excluding hydrogens is 269 g/mol. The summed E-state index contributed by atoms with van der Waals surface area (Å²) in [7, 11) is 0. The molecule has 2 rings (SSSR count). The molecule has 1 aromatic rings. The van der Waals surface area contributed by atoms with Crippen molar-refractivity contribution >= 4 is 29.1 Å². The maximum Gasteiger partial charge on any atom is 0.251 e. The van der Waals surface area contributed by atoms with Gasteiger partial charge < -0.3 is 5.32 Å². The molecule has 18 heavy (non-hydrogen) atoms. The zero-order valence-corrected chi connectivity index (χ0v) is 11.9. The van der Waals surface area contributed by atoms with Crippen LogP contribution in [0.5, 0.6) is 0 Å². The fourth-order valence-electron chi connectivity index (χ4n) is 2.41. The summed E-state index contributed by atoms with van der Waals surface area (Å²) in [4.78, 5) is 12.0. The third-order valence-electron chi connectivity index (χ3n) is 3.46. The van der Waals surface area contributed by atoms with Crippen LogP contribution in [-0.2, 0) is 0 Å². The molecule has 0 radical (unpaired) electrons. The van der Waals surface area contributed by atoms with E-state index < -0.39 is 0 Å². The first-order chi connectivity index (χ1) is 8.56. The van der Waals surface area contributed by atoms with Crippen LogP contribution >= 0.6 is 23.2 Å². The van der Waals surface area contributed by atoms with Crippen LogP contribution in [0, 0.1) is 12.8 Å². The van der Waals surface area contributed by atoms with E-state index in [1.54, 1.807) is 18.2 Å². The summed E-state index contributed by atoms with van der Waals surface area (Å²) >= 11 is 11.9. The number of benzene rings is 1. The molecule has 98 valence electrons. The third-order valence-corrected chi connectivity index (χ3v) is 4.09. The molecule has 0 spiro atoms. The molecule has 1 saturated carbocycles. The van der Waals surface area contributed by atoms with Gasteiger partial charge in [0.2, 0.25) is 0 Å². The van der Waals surface area contributed by atoms with E-state index in [1.807, 2.05) is 6.92 Å². The number of hydrogen-bond donors (Lipinski definition) is 1. The van der Waals surface area contributed by atoms with Gasteiger partial charge in [0.15, 0.2) is 0 Å². The molecule has 2 nitrogen and oxygen atoms in total. The van der Waals surface area contributed by atoms with Gasteiger partial charge in [-0.2, -0.15) is 0 Å². The molecule has 1 amide bonds. The van der Waals surface area contributed by atoms with Gasteiger partial charge in [0.05, 0.1) is 0 Å². The fraction of sp³-hybridized carbons (Fsp3) is 0.500. The van der Waals surface area contributed by atoms with E-state index in [0.717, 1.165) is 24.8 Å². The predicted molar refractivity (Wildman–Crippen MR) is 75.5 cm³/mol. The van der Waals surface area contributed by atoms with Crippen LogP contribution in [0.3, 0.4) is 0 Å². The first-order valence-electron chi connectivity index (χ1n) is 6.24. The Labute approximate surface area is 118 Å². The first kappa shape index (κ1) is 13.7. The van der Waals surface area contributed by atoms with Crippen molar-refractivity contribution in [2.45, 2.75) is 31.6 Å². The van der Waals surface area contributed by atoms with Crippen molar-refractivity contribution in [3.05, 3.63) is 34.3 Å². The molecule has 4 heteroatoms. The van der Waals surface area contributed by atoms with E-state index >= 15 is 0 Å². The zero-order chi connectivity index (χ0) is 13.1. The molecule has 1 aliphatic carbocycles. The third kappa shape index (κ3) is 3.39. The van der Waals surface area contributed by atoms with Crippen LogP contribution in [0.1, 0.15) is 35.2 Å². The van der Waals surface area contributed by atoms with Crippen LogP contribution in [0.15, 0.2) is 18.2 Å². The summed E-state index contributed by atoms with van der Waals surface area (Å²) in [5, 5.41) is 3.92. The molecular formula is C14H17Cl2NO. The molecule has 1 fully saturated rings. The Morgan fingerprint density at radius 3 is 2.83 bits per heavy atom. The van der Waals surface area contributed by atoms with Gasteiger partial charge in [-0.1, -0.05) is 11.6 Å². The monoisotopic (exact) mass is 285 g/mol. The zero-order valence-electron chi connectivity index (χ0n) is 10.4. The van der Waals surface area contributed by atoms with Crippen LogP contribution < -0.4 is 5.32 Å². The SMILES string of the molecule is Cc1cc(Cl)ccc1C(=O)NCC1CCC(Cl)C1. The second-order valence-corrected chi connectivity index (χ2v) is 6.00. The number of nitrogens with one attached hydrogen (secondary N) is 1. The van der Waals surface area contributed by atoms with E-state index in [-0.39, 0.29) is 11.3 Å². The Kier molecular flexibility index (Phi) is 4.52. The quantitative estimate of drug-likeness (QED) is 0.842. The van der Waals surface area contributed by atoms with E-state index in [2.05, 4.69) is 5.32 Å². The number of hydrogen-bond acceptors (Lipinski definition) is 1. The highest BCUT2D eigenvalue weighted by Gasteiger charge is 2.23. The molecule has 1 aliphatic rings. The van der Waals surface area contributed by atoms with Crippen molar-refractivity contribution in [1.29, 1.82) is 0 Å². The number of halogens is 2. The van der Waals surface area contributed by atoms with Crippen LogP contribution in [0.4, 0.5) is 0 Å². The lowest BCUT2D eigenvalue weighted by Crippen LogP contribution is -2.29. The van der Waals surface area contributed by atoms with Gasteiger partial charge in [0.1, 0.15) is 0 Å². The standard InChI is InChI=1S/C14H17Cl2NO/c1-9-6-11(15)4-5-13(9)14(18)17-8-10-2-3-12(16)7-10/h4-6,10,12H,2-3,7-8H2,1H3,(H,17,18). The van der Waals surface area contributed by atoms with Crippen molar-refractivity contribution in [2.75, 3.05) is 6.54 Å². The topological polar surface area (TPSA) is 29.1 Å². The molecule has 1 aromatic carbocycles. The van der Waals surface area contributed by atoms with Crippen molar-refractivity contribution < 1.29 is 4.79 Å². The number of carbonyl (C=O) groups is 1. The summed E-state index contributed by atoms with van der Waals surface area (Å²) in [5.41, 5.74) is 1.60. The fourth-order valence-corrected chi connectivity index (χ4v) is 3.02. The Balaban J connectivity index is 1.91. The van der Waals surface area contributed by atoms with Gasteiger partial charge >= 0.3 is 0 Å². The molecule has 0 aliphatic heterocycles. The van der Waals surface area contributed by atoms with Crippen molar-refractivity contribution in [2.24, 2.45) is 5.92 Å². The number of carbonyl (C=O) groups excluding carboxylic acids is 1. The Bertz CT molecular complexity index is 447. The summed E-state index contributed by atoms with van der Waals surface area (Å²) in [6.07, 6.45) is 3.16. The van der Waals surface area contributed by atoms with Gasteiger partial charge in [-0.25, -0.2) is 0 Å². The average molecular weight is 286 g/mol. The maximum absolute atomic E-state index is 12.0.